The monoisotopic (exact) mass is 395 g/mol. The van der Waals surface area contributed by atoms with Crippen molar-refractivity contribution in [1.82, 2.24) is 14.8 Å². The second-order valence-electron chi connectivity index (χ2n) is 5.89. The highest BCUT2D eigenvalue weighted by Crippen LogP contribution is 2.24. The number of aliphatic hydroxyl groups is 1. The lowest BCUT2D eigenvalue weighted by atomic mass is 10.0. The van der Waals surface area contributed by atoms with Crippen LogP contribution >= 0.6 is 15.9 Å². The van der Waals surface area contributed by atoms with Crippen molar-refractivity contribution in [2.24, 2.45) is 0 Å². The molecule has 1 aliphatic rings. The van der Waals surface area contributed by atoms with E-state index in [1.165, 1.54) is 0 Å². The van der Waals surface area contributed by atoms with Crippen molar-refractivity contribution in [3.63, 3.8) is 0 Å². The van der Waals surface area contributed by atoms with Gasteiger partial charge in [0.05, 0.1) is 13.2 Å². The number of hydrogen-bond acceptors (Lipinski definition) is 5. The molecule has 6 nitrogen and oxygen atoms in total. The molecule has 1 aliphatic heterocycles. The van der Waals surface area contributed by atoms with E-state index >= 15 is 0 Å². The molecule has 1 aromatic heterocycles. The van der Waals surface area contributed by atoms with Crippen LogP contribution in [-0.4, -0.2) is 39.4 Å². The Morgan fingerprint density at radius 3 is 3.00 bits per heavy atom. The van der Waals surface area contributed by atoms with E-state index in [-0.39, 0.29) is 6.29 Å². The summed E-state index contributed by atoms with van der Waals surface area (Å²) in [4.78, 5) is 4.33. The van der Waals surface area contributed by atoms with Crippen molar-refractivity contribution >= 4 is 15.9 Å². The third kappa shape index (κ3) is 4.22. The van der Waals surface area contributed by atoms with E-state index in [9.17, 15) is 5.11 Å². The fourth-order valence-corrected chi connectivity index (χ4v) is 3.21. The van der Waals surface area contributed by atoms with Crippen LogP contribution in [0.4, 0.5) is 0 Å². The molecule has 130 valence electrons. The quantitative estimate of drug-likeness (QED) is 0.813. The van der Waals surface area contributed by atoms with Gasteiger partial charge < -0.3 is 14.6 Å². The molecule has 1 saturated heterocycles. The Kier molecular flexibility index (Phi) is 5.99. The van der Waals surface area contributed by atoms with Crippen molar-refractivity contribution in [1.29, 1.82) is 0 Å². The molecular formula is C17H22BrN3O3. The Bertz CT molecular complexity index is 671. The number of aliphatic hydroxyl groups excluding tert-OH is 1. The number of hydrogen-bond donors (Lipinski definition) is 1. The van der Waals surface area contributed by atoms with Gasteiger partial charge >= 0.3 is 0 Å². The highest BCUT2D eigenvalue weighted by Gasteiger charge is 2.21. The largest absolute Gasteiger partial charge is 0.380 e. The summed E-state index contributed by atoms with van der Waals surface area (Å²) in [5.41, 5.74) is 1.85. The van der Waals surface area contributed by atoms with Crippen LogP contribution in [0.2, 0.25) is 0 Å². The molecule has 0 bridgehead atoms. The van der Waals surface area contributed by atoms with Crippen molar-refractivity contribution in [3.05, 3.63) is 46.0 Å². The molecule has 2 atom stereocenters. The van der Waals surface area contributed by atoms with Crippen LogP contribution < -0.4 is 0 Å². The van der Waals surface area contributed by atoms with E-state index in [2.05, 4.69) is 26.0 Å². The normalized spacial score (nSPS) is 19.4. The second-order valence-corrected chi connectivity index (χ2v) is 6.60. The number of rotatable bonds is 6. The fourth-order valence-electron chi connectivity index (χ4n) is 2.84. The molecule has 0 aliphatic carbocycles. The zero-order valence-electron chi connectivity index (χ0n) is 13.7. The highest BCUT2D eigenvalue weighted by molar-refractivity contribution is 9.10. The Labute approximate surface area is 149 Å². The minimum atomic E-state index is -0.823. The van der Waals surface area contributed by atoms with Crippen LogP contribution in [0.25, 0.3) is 0 Å². The number of aromatic nitrogens is 3. The van der Waals surface area contributed by atoms with E-state index < -0.39 is 6.10 Å². The van der Waals surface area contributed by atoms with Gasteiger partial charge in [-0.1, -0.05) is 24.3 Å². The molecule has 0 spiro atoms. The van der Waals surface area contributed by atoms with E-state index in [4.69, 9.17) is 9.47 Å². The maximum atomic E-state index is 10.7. The molecule has 0 saturated carbocycles. The van der Waals surface area contributed by atoms with Crippen LogP contribution in [0.3, 0.4) is 0 Å². The summed E-state index contributed by atoms with van der Waals surface area (Å²) in [6.45, 7) is 3.71. The lowest BCUT2D eigenvalue weighted by Gasteiger charge is -2.22. The van der Waals surface area contributed by atoms with Crippen LogP contribution in [0, 0.1) is 6.92 Å². The molecular weight excluding hydrogens is 374 g/mol. The lowest BCUT2D eigenvalue weighted by molar-refractivity contribution is -0.164. The van der Waals surface area contributed by atoms with Gasteiger partial charge in [0, 0.05) is 6.61 Å². The maximum Gasteiger partial charge on any atom is 0.217 e. The van der Waals surface area contributed by atoms with Crippen LogP contribution in [-0.2, 0) is 16.0 Å². The van der Waals surface area contributed by atoms with Gasteiger partial charge in [0.15, 0.2) is 12.1 Å². The van der Waals surface area contributed by atoms with Crippen molar-refractivity contribution in [2.45, 2.75) is 45.1 Å². The first-order valence-electron chi connectivity index (χ1n) is 8.22. The molecule has 0 amide bonds. The summed E-state index contributed by atoms with van der Waals surface area (Å²) in [6.07, 6.45) is 2.21. The van der Waals surface area contributed by atoms with Gasteiger partial charge in [0.25, 0.3) is 0 Å². The summed E-state index contributed by atoms with van der Waals surface area (Å²) in [6, 6.07) is 7.73. The molecule has 1 N–H and O–H groups in total. The maximum absolute atomic E-state index is 10.7. The first kappa shape index (κ1) is 17.5. The summed E-state index contributed by atoms with van der Waals surface area (Å²) in [5, 5.41) is 15.0. The van der Waals surface area contributed by atoms with Crippen LogP contribution in [0.5, 0.6) is 0 Å². The molecule has 2 aromatic rings. The third-order valence-corrected chi connectivity index (χ3v) is 4.48. The minimum Gasteiger partial charge on any atom is -0.380 e. The van der Waals surface area contributed by atoms with E-state index in [0.717, 1.165) is 37.0 Å². The zero-order chi connectivity index (χ0) is 16.9. The topological polar surface area (TPSA) is 69.4 Å². The zero-order valence-corrected chi connectivity index (χ0v) is 15.3. The fraction of sp³-hybridized carbons (Fsp3) is 0.529. The van der Waals surface area contributed by atoms with Crippen LogP contribution in [0.1, 0.15) is 42.3 Å². The van der Waals surface area contributed by atoms with Crippen molar-refractivity contribution < 1.29 is 14.6 Å². The molecule has 2 heterocycles. The Morgan fingerprint density at radius 2 is 2.25 bits per heavy atom. The summed E-state index contributed by atoms with van der Waals surface area (Å²) >= 11 is 3.29. The Balaban J connectivity index is 1.67. The highest BCUT2D eigenvalue weighted by atomic mass is 79.9. The average molecular weight is 396 g/mol. The van der Waals surface area contributed by atoms with Gasteiger partial charge in [0.2, 0.25) is 4.73 Å². The van der Waals surface area contributed by atoms with Gasteiger partial charge in [0.1, 0.15) is 6.10 Å². The molecule has 3 rings (SSSR count). The SMILES string of the molecule is Cc1ccccc1C(O)c1nc(Br)nn1CCOC1CCCCO1. The number of nitrogens with zero attached hydrogens (tertiary/aromatic N) is 3. The smallest absolute Gasteiger partial charge is 0.217 e. The number of aryl methyl sites for hydroxylation is 1. The van der Waals surface area contributed by atoms with Gasteiger partial charge in [-0.25, -0.2) is 9.67 Å². The van der Waals surface area contributed by atoms with Gasteiger partial charge in [-0.2, -0.15) is 0 Å². The standard InChI is InChI=1S/C17H22BrN3O3/c1-12-6-2-3-7-13(12)15(22)16-19-17(18)20-21(16)9-11-24-14-8-4-5-10-23-14/h2-3,6-7,14-15,22H,4-5,8-11H2,1H3. The first-order valence-corrected chi connectivity index (χ1v) is 9.01. The van der Waals surface area contributed by atoms with Crippen molar-refractivity contribution in [2.75, 3.05) is 13.2 Å². The number of halogens is 1. The van der Waals surface area contributed by atoms with E-state index in [0.29, 0.717) is 23.7 Å². The Hall–Kier alpha value is -1.28. The third-order valence-electron chi connectivity index (χ3n) is 4.15. The molecule has 1 fully saturated rings. The van der Waals surface area contributed by atoms with E-state index in [1.54, 1.807) is 4.68 Å². The molecule has 0 radical (unpaired) electrons. The van der Waals surface area contributed by atoms with Gasteiger partial charge in [-0.05, 0) is 53.2 Å². The van der Waals surface area contributed by atoms with Crippen molar-refractivity contribution in [3.8, 4) is 0 Å². The molecule has 7 heteroatoms. The summed E-state index contributed by atoms with van der Waals surface area (Å²) in [7, 11) is 0. The minimum absolute atomic E-state index is 0.129. The first-order chi connectivity index (χ1) is 11.6. The lowest BCUT2D eigenvalue weighted by Crippen LogP contribution is -2.24. The predicted molar refractivity (Wildman–Crippen MR) is 92.5 cm³/mol. The molecule has 24 heavy (non-hydrogen) atoms. The second kappa shape index (κ2) is 8.20. The van der Waals surface area contributed by atoms with Gasteiger partial charge in [-0.15, -0.1) is 5.10 Å². The van der Waals surface area contributed by atoms with E-state index in [1.807, 2.05) is 31.2 Å². The number of ether oxygens (including phenoxy) is 2. The number of benzene rings is 1. The summed E-state index contributed by atoms with van der Waals surface area (Å²) in [5.74, 6) is 0.504. The summed E-state index contributed by atoms with van der Waals surface area (Å²) < 4.78 is 13.5. The Morgan fingerprint density at radius 1 is 1.42 bits per heavy atom. The average Bonchev–Trinajstić information content (AvgIpc) is 2.96. The predicted octanol–water partition coefficient (Wildman–Crippen LogP) is 2.97. The van der Waals surface area contributed by atoms with Crippen LogP contribution in [0.15, 0.2) is 29.0 Å². The molecule has 2 unspecified atom stereocenters. The molecule has 1 aromatic carbocycles. The van der Waals surface area contributed by atoms with Gasteiger partial charge in [-0.3, -0.25) is 0 Å².